The van der Waals surface area contributed by atoms with Crippen LogP contribution in [0.15, 0.2) is 18.2 Å². The van der Waals surface area contributed by atoms with E-state index in [1.807, 2.05) is 32.0 Å². The van der Waals surface area contributed by atoms with Crippen LogP contribution >= 0.6 is 0 Å². The summed E-state index contributed by atoms with van der Waals surface area (Å²) in [5.41, 5.74) is 2.98. The Labute approximate surface area is 181 Å². The zero-order valence-electron chi connectivity index (χ0n) is 18.9. The van der Waals surface area contributed by atoms with Gasteiger partial charge in [-0.25, -0.2) is 4.79 Å². The predicted octanol–water partition coefficient (Wildman–Crippen LogP) is 4.75. The molecule has 6 nitrogen and oxygen atoms in total. The lowest BCUT2D eigenvalue weighted by Gasteiger charge is -2.35. The fraction of sp³-hybridized carbons (Fsp3) is 0.667. The molecular weight excluding hydrogens is 376 g/mol. The smallest absolute Gasteiger partial charge is 0.317 e. The van der Waals surface area contributed by atoms with Crippen molar-refractivity contribution in [3.63, 3.8) is 0 Å². The van der Waals surface area contributed by atoms with E-state index in [4.69, 9.17) is 0 Å². The molecule has 1 aromatic rings. The Bertz CT molecular complexity index is 722. The van der Waals surface area contributed by atoms with Gasteiger partial charge in [-0.2, -0.15) is 0 Å². The van der Waals surface area contributed by atoms with Crippen LogP contribution in [0.5, 0.6) is 0 Å². The number of nitrogens with one attached hydrogen (secondary N) is 2. The van der Waals surface area contributed by atoms with Crippen molar-refractivity contribution in [3.05, 3.63) is 23.8 Å². The zero-order valence-corrected chi connectivity index (χ0v) is 18.9. The molecule has 0 heterocycles. The summed E-state index contributed by atoms with van der Waals surface area (Å²) in [5.74, 6) is 0.264. The Morgan fingerprint density at radius 3 is 2.30 bits per heavy atom. The normalized spacial score (nSPS) is 17.6. The third-order valence-corrected chi connectivity index (χ3v) is 6.50. The lowest BCUT2D eigenvalue weighted by Crippen LogP contribution is -2.46. The van der Waals surface area contributed by atoms with Crippen molar-refractivity contribution in [2.75, 3.05) is 30.9 Å². The summed E-state index contributed by atoms with van der Waals surface area (Å²) in [4.78, 5) is 29.6. The lowest BCUT2D eigenvalue weighted by atomic mass is 9.94. The molecule has 0 saturated heterocycles. The highest BCUT2D eigenvalue weighted by Gasteiger charge is 2.27. The molecule has 166 valence electrons. The summed E-state index contributed by atoms with van der Waals surface area (Å²) in [7, 11) is 4.04. The highest BCUT2D eigenvalue weighted by atomic mass is 16.2. The van der Waals surface area contributed by atoms with E-state index in [-0.39, 0.29) is 23.9 Å². The number of amides is 3. The van der Waals surface area contributed by atoms with Crippen LogP contribution in [0.4, 0.5) is 16.2 Å². The Morgan fingerprint density at radius 2 is 1.67 bits per heavy atom. The van der Waals surface area contributed by atoms with Crippen LogP contribution in [0.1, 0.15) is 70.3 Å². The molecule has 3 amide bonds. The van der Waals surface area contributed by atoms with Crippen molar-refractivity contribution < 1.29 is 9.59 Å². The molecular formula is C24H38N4O2. The molecule has 30 heavy (non-hydrogen) atoms. The number of hydrogen-bond donors (Lipinski definition) is 2. The van der Waals surface area contributed by atoms with Crippen molar-refractivity contribution in [2.45, 2.75) is 77.3 Å². The number of carbonyl (C=O) groups excluding carboxylic acids is 2. The summed E-state index contributed by atoms with van der Waals surface area (Å²) in [5, 5.41) is 6.12. The van der Waals surface area contributed by atoms with Crippen LogP contribution in [0.25, 0.3) is 0 Å². The fourth-order valence-corrected chi connectivity index (χ4v) is 4.85. The minimum Gasteiger partial charge on any atom is -0.377 e. The van der Waals surface area contributed by atoms with Gasteiger partial charge >= 0.3 is 6.03 Å². The quantitative estimate of drug-likeness (QED) is 0.677. The number of rotatable bonds is 7. The second kappa shape index (κ2) is 10.7. The Kier molecular flexibility index (Phi) is 8.00. The van der Waals surface area contributed by atoms with Gasteiger partial charge in [0.2, 0.25) is 5.91 Å². The summed E-state index contributed by atoms with van der Waals surface area (Å²) >= 11 is 0. The fourth-order valence-electron chi connectivity index (χ4n) is 4.85. The number of nitrogens with zero attached hydrogens (tertiary/aromatic N) is 2. The van der Waals surface area contributed by atoms with Crippen LogP contribution in [0.2, 0.25) is 0 Å². The molecule has 1 aromatic carbocycles. The number of urea groups is 1. The van der Waals surface area contributed by atoms with E-state index in [1.54, 1.807) is 0 Å². The molecule has 2 aliphatic carbocycles. The molecule has 0 aliphatic heterocycles. The molecule has 0 spiro atoms. The van der Waals surface area contributed by atoms with E-state index in [1.165, 1.54) is 19.3 Å². The van der Waals surface area contributed by atoms with Gasteiger partial charge in [0.25, 0.3) is 0 Å². The Balaban J connectivity index is 1.82. The van der Waals surface area contributed by atoms with Gasteiger partial charge < -0.3 is 20.4 Å². The standard InChI is InChI=1S/C24H38N4O2/c1-4-25-24(30)28(21-12-6-5-7-13-21)17-19-16-20(14-15-22(19)27(2)3)26-23(29)18-10-8-9-11-18/h14-16,18,21H,4-13,17H2,1-3H3,(H,25,30)(H,26,29). The third kappa shape index (κ3) is 5.67. The second-order valence-corrected chi connectivity index (χ2v) is 8.96. The molecule has 6 heteroatoms. The topological polar surface area (TPSA) is 64.7 Å². The molecule has 3 rings (SSSR count). The highest BCUT2D eigenvalue weighted by molar-refractivity contribution is 5.93. The van der Waals surface area contributed by atoms with Gasteiger partial charge in [0.1, 0.15) is 0 Å². The van der Waals surface area contributed by atoms with Gasteiger partial charge in [0.05, 0.1) is 0 Å². The molecule has 2 N–H and O–H groups in total. The summed E-state index contributed by atoms with van der Waals surface area (Å²) in [6, 6.07) is 6.36. The second-order valence-electron chi connectivity index (χ2n) is 8.96. The number of benzene rings is 1. The van der Waals surface area contributed by atoms with Gasteiger partial charge in [-0.3, -0.25) is 4.79 Å². The third-order valence-electron chi connectivity index (χ3n) is 6.50. The maximum atomic E-state index is 12.9. The van der Waals surface area contributed by atoms with Gasteiger partial charge in [0.15, 0.2) is 0 Å². The van der Waals surface area contributed by atoms with Crippen molar-refractivity contribution >= 4 is 23.3 Å². The maximum absolute atomic E-state index is 12.9. The van der Waals surface area contributed by atoms with E-state index >= 15 is 0 Å². The van der Waals surface area contributed by atoms with Crippen LogP contribution in [0, 0.1) is 5.92 Å². The summed E-state index contributed by atoms with van der Waals surface area (Å²) < 4.78 is 0. The first kappa shape index (κ1) is 22.4. The lowest BCUT2D eigenvalue weighted by molar-refractivity contribution is -0.119. The highest BCUT2D eigenvalue weighted by Crippen LogP contribution is 2.30. The Morgan fingerprint density at radius 1 is 1.00 bits per heavy atom. The van der Waals surface area contributed by atoms with Crippen molar-refractivity contribution in [1.29, 1.82) is 0 Å². The molecule has 2 saturated carbocycles. The maximum Gasteiger partial charge on any atom is 0.317 e. The van der Waals surface area contributed by atoms with Crippen molar-refractivity contribution in [2.24, 2.45) is 5.92 Å². The van der Waals surface area contributed by atoms with Crippen molar-refractivity contribution in [3.8, 4) is 0 Å². The van der Waals surface area contributed by atoms with E-state index in [0.717, 1.165) is 55.5 Å². The van der Waals surface area contributed by atoms with E-state index in [9.17, 15) is 9.59 Å². The first-order valence-electron chi connectivity index (χ1n) is 11.6. The minimum absolute atomic E-state index is 0.00880. The summed E-state index contributed by atoms with van der Waals surface area (Å²) in [6.45, 7) is 3.14. The number of carbonyl (C=O) groups is 2. The largest absolute Gasteiger partial charge is 0.377 e. The molecule has 2 aliphatic rings. The molecule has 0 radical (unpaired) electrons. The van der Waals surface area contributed by atoms with E-state index in [2.05, 4.69) is 27.7 Å². The Hall–Kier alpha value is -2.24. The molecule has 0 aromatic heterocycles. The van der Waals surface area contributed by atoms with Crippen LogP contribution in [0.3, 0.4) is 0 Å². The van der Waals surface area contributed by atoms with E-state index < -0.39 is 0 Å². The van der Waals surface area contributed by atoms with Gasteiger partial charge in [0, 0.05) is 50.5 Å². The predicted molar refractivity (Wildman–Crippen MR) is 123 cm³/mol. The molecule has 0 bridgehead atoms. The van der Waals surface area contributed by atoms with Gasteiger partial charge in [-0.05, 0) is 56.4 Å². The average molecular weight is 415 g/mol. The SMILES string of the molecule is CCNC(=O)N(Cc1cc(NC(=O)C2CCCC2)ccc1N(C)C)C1CCCCC1. The zero-order chi connectivity index (χ0) is 21.5. The van der Waals surface area contributed by atoms with Gasteiger partial charge in [-0.15, -0.1) is 0 Å². The molecule has 0 unspecified atom stereocenters. The van der Waals surface area contributed by atoms with Crippen LogP contribution in [-0.2, 0) is 11.3 Å². The van der Waals surface area contributed by atoms with E-state index in [0.29, 0.717) is 13.1 Å². The summed E-state index contributed by atoms with van der Waals surface area (Å²) in [6.07, 6.45) is 10.0. The monoisotopic (exact) mass is 414 g/mol. The first-order valence-corrected chi connectivity index (χ1v) is 11.6. The first-order chi connectivity index (χ1) is 14.5. The average Bonchev–Trinajstić information content (AvgIpc) is 3.28. The number of anilines is 2. The minimum atomic E-state index is 0.00880. The molecule has 2 fully saturated rings. The van der Waals surface area contributed by atoms with Crippen LogP contribution in [-0.4, -0.2) is 43.5 Å². The van der Waals surface area contributed by atoms with Gasteiger partial charge in [-0.1, -0.05) is 32.1 Å². The van der Waals surface area contributed by atoms with Crippen molar-refractivity contribution in [1.82, 2.24) is 10.2 Å². The van der Waals surface area contributed by atoms with Crippen LogP contribution < -0.4 is 15.5 Å². The molecule has 0 atom stereocenters. The number of hydrogen-bond acceptors (Lipinski definition) is 3.